The molecule has 0 amide bonds. The fourth-order valence-corrected chi connectivity index (χ4v) is 3.83. The monoisotopic (exact) mass is 392 g/mol. The van der Waals surface area contributed by atoms with Crippen molar-refractivity contribution in [1.82, 2.24) is 4.72 Å². The molecule has 2 aromatic carbocycles. The first kappa shape index (κ1) is 20.9. The van der Waals surface area contributed by atoms with Crippen LogP contribution in [0.1, 0.15) is 35.3 Å². The van der Waals surface area contributed by atoms with Gasteiger partial charge in [-0.25, -0.2) is 17.9 Å². The largest absolute Gasteiger partial charge is 0.478 e. The summed E-state index contributed by atoms with van der Waals surface area (Å²) < 4.78 is 32.8. The predicted octanol–water partition coefficient (Wildman–Crippen LogP) is 2.87. The Hall–Kier alpha value is -2.42. The average molecular weight is 392 g/mol. The number of hydrogen-bond donors (Lipinski definition) is 3. The summed E-state index contributed by atoms with van der Waals surface area (Å²) in [6.45, 7) is 2.80. The fourth-order valence-electron chi connectivity index (χ4n) is 2.57. The van der Waals surface area contributed by atoms with Gasteiger partial charge in [0.05, 0.1) is 10.5 Å². The molecule has 0 aliphatic heterocycles. The predicted molar refractivity (Wildman–Crippen MR) is 104 cm³/mol. The van der Waals surface area contributed by atoms with Gasteiger partial charge in [0.25, 0.3) is 0 Å². The normalized spacial score (nSPS) is 12.5. The second kappa shape index (κ2) is 9.50. The molecule has 2 aromatic rings. The zero-order valence-electron chi connectivity index (χ0n) is 15.3. The molecule has 0 saturated carbocycles. The minimum Gasteiger partial charge on any atom is -0.478 e. The lowest BCUT2D eigenvalue weighted by molar-refractivity contribution is 0.0697. The quantitative estimate of drug-likeness (QED) is 0.537. The Kier molecular flexibility index (Phi) is 7.35. The molecule has 0 fully saturated rings. The van der Waals surface area contributed by atoms with Gasteiger partial charge in [0.2, 0.25) is 10.0 Å². The highest BCUT2D eigenvalue weighted by Crippen LogP contribution is 2.22. The van der Waals surface area contributed by atoms with Crippen LogP contribution in [-0.2, 0) is 14.8 Å². The van der Waals surface area contributed by atoms with Gasteiger partial charge >= 0.3 is 5.97 Å². The van der Waals surface area contributed by atoms with E-state index >= 15 is 0 Å². The first-order chi connectivity index (χ1) is 12.8. The van der Waals surface area contributed by atoms with E-state index in [1.807, 2.05) is 30.3 Å². The molecule has 1 unspecified atom stereocenters. The highest BCUT2D eigenvalue weighted by Gasteiger charge is 2.21. The van der Waals surface area contributed by atoms with Gasteiger partial charge < -0.3 is 15.2 Å². The summed E-state index contributed by atoms with van der Waals surface area (Å²) in [6, 6.07) is 12.7. The van der Waals surface area contributed by atoms with Crippen molar-refractivity contribution >= 4 is 21.7 Å². The third kappa shape index (κ3) is 5.78. The third-order valence-electron chi connectivity index (χ3n) is 4.00. The maximum atomic E-state index is 12.7. The minimum absolute atomic E-state index is 0.0925. The number of methoxy groups -OCH3 is 1. The standard InChI is InChI=1S/C19H24N2O5S/c1-14(15-7-4-3-5-8-15)21-27(24,25)16-9-10-18(17(13-16)19(22)23)20-11-6-12-26-2/h3-5,7-10,13-14,20-21H,6,11-12H2,1-2H3,(H,22,23). The van der Waals surface area contributed by atoms with E-state index in [1.165, 1.54) is 18.2 Å². The van der Waals surface area contributed by atoms with Crippen LogP contribution in [0, 0.1) is 0 Å². The van der Waals surface area contributed by atoms with Gasteiger partial charge in [-0.1, -0.05) is 30.3 Å². The molecule has 1 atom stereocenters. The van der Waals surface area contributed by atoms with E-state index in [4.69, 9.17) is 4.74 Å². The van der Waals surface area contributed by atoms with Crippen molar-refractivity contribution in [2.75, 3.05) is 25.6 Å². The Balaban J connectivity index is 2.21. The number of aromatic carboxylic acids is 1. The van der Waals surface area contributed by atoms with Crippen molar-refractivity contribution in [2.24, 2.45) is 0 Å². The molecule has 0 spiro atoms. The van der Waals surface area contributed by atoms with Gasteiger partial charge in [0.15, 0.2) is 0 Å². The van der Waals surface area contributed by atoms with E-state index in [2.05, 4.69) is 10.0 Å². The molecule has 7 nitrogen and oxygen atoms in total. The summed E-state index contributed by atoms with van der Waals surface area (Å²) in [5.41, 5.74) is 1.09. The number of carboxylic acid groups (broad SMARTS) is 1. The molecular weight excluding hydrogens is 368 g/mol. The van der Waals surface area contributed by atoms with Crippen LogP contribution in [0.4, 0.5) is 5.69 Å². The number of ether oxygens (including phenoxy) is 1. The van der Waals surface area contributed by atoms with Crippen LogP contribution < -0.4 is 10.0 Å². The summed E-state index contributed by atoms with van der Waals surface area (Å²) in [6.07, 6.45) is 0.700. The van der Waals surface area contributed by atoms with Gasteiger partial charge in [-0.05, 0) is 37.1 Å². The van der Waals surface area contributed by atoms with E-state index in [1.54, 1.807) is 14.0 Å². The summed E-state index contributed by atoms with van der Waals surface area (Å²) in [5.74, 6) is -1.20. The number of carboxylic acids is 1. The number of anilines is 1. The van der Waals surface area contributed by atoms with Crippen molar-refractivity contribution in [3.05, 3.63) is 59.7 Å². The average Bonchev–Trinajstić information content (AvgIpc) is 2.65. The van der Waals surface area contributed by atoms with Gasteiger partial charge in [-0.15, -0.1) is 0 Å². The molecule has 0 heterocycles. The molecule has 3 N–H and O–H groups in total. The number of nitrogens with one attached hydrogen (secondary N) is 2. The highest BCUT2D eigenvalue weighted by atomic mass is 32.2. The summed E-state index contributed by atoms with van der Waals surface area (Å²) >= 11 is 0. The fraction of sp³-hybridized carbons (Fsp3) is 0.316. The number of hydrogen-bond acceptors (Lipinski definition) is 5. The lowest BCUT2D eigenvalue weighted by Crippen LogP contribution is -2.27. The maximum absolute atomic E-state index is 12.7. The number of sulfonamides is 1. The second-order valence-electron chi connectivity index (χ2n) is 6.04. The number of rotatable bonds is 10. The Bertz CT molecular complexity index is 869. The first-order valence-corrected chi connectivity index (χ1v) is 10.0. The molecule has 27 heavy (non-hydrogen) atoms. The van der Waals surface area contributed by atoms with E-state index < -0.39 is 22.0 Å². The van der Waals surface area contributed by atoms with Crippen molar-refractivity contribution in [2.45, 2.75) is 24.3 Å². The van der Waals surface area contributed by atoms with Crippen LogP contribution in [0.2, 0.25) is 0 Å². The summed E-state index contributed by atoms with van der Waals surface area (Å²) in [7, 11) is -2.28. The summed E-state index contributed by atoms with van der Waals surface area (Å²) in [5, 5.41) is 12.4. The Labute approximate surface area is 159 Å². The van der Waals surface area contributed by atoms with E-state index in [9.17, 15) is 18.3 Å². The molecule has 0 saturated heterocycles. The molecule has 0 aliphatic carbocycles. The van der Waals surface area contributed by atoms with Crippen LogP contribution in [0.15, 0.2) is 53.4 Å². The third-order valence-corrected chi connectivity index (χ3v) is 5.54. The maximum Gasteiger partial charge on any atom is 0.337 e. The van der Waals surface area contributed by atoms with Crippen LogP contribution >= 0.6 is 0 Å². The SMILES string of the molecule is COCCCNc1ccc(S(=O)(=O)NC(C)c2ccccc2)cc1C(=O)O. The van der Waals surface area contributed by atoms with Gasteiger partial charge in [0.1, 0.15) is 0 Å². The van der Waals surface area contributed by atoms with Crippen LogP contribution in [-0.4, -0.2) is 39.8 Å². The van der Waals surface area contributed by atoms with Crippen LogP contribution in [0.25, 0.3) is 0 Å². The molecular formula is C19H24N2O5S. The second-order valence-corrected chi connectivity index (χ2v) is 7.75. The molecule has 0 aliphatic rings. The van der Waals surface area contributed by atoms with Crippen molar-refractivity contribution in [3.8, 4) is 0 Å². The zero-order chi connectivity index (χ0) is 19.9. The van der Waals surface area contributed by atoms with Crippen LogP contribution in [0.5, 0.6) is 0 Å². The molecule has 2 rings (SSSR count). The smallest absolute Gasteiger partial charge is 0.337 e. The first-order valence-electron chi connectivity index (χ1n) is 8.52. The van der Waals surface area contributed by atoms with E-state index in [-0.39, 0.29) is 10.5 Å². The molecule has 0 aromatic heterocycles. The van der Waals surface area contributed by atoms with Crippen molar-refractivity contribution in [1.29, 1.82) is 0 Å². The lowest BCUT2D eigenvalue weighted by atomic mass is 10.1. The van der Waals surface area contributed by atoms with Gasteiger partial charge in [-0.3, -0.25) is 0 Å². The van der Waals surface area contributed by atoms with Crippen molar-refractivity contribution in [3.63, 3.8) is 0 Å². The Morgan fingerprint density at radius 2 is 1.89 bits per heavy atom. The Morgan fingerprint density at radius 1 is 1.19 bits per heavy atom. The topological polar surface area (TPSA) is 105 Å². The molecule has 146 valence electrons. The highest BCUT2D eigenvalue weighted by molar-refractivity contribution is 7.89. The molecule has 0 bridgehead atoms. The minimum atomic E-state index is -3.87. The molecule has 0 radical (unpaired) electrons. The van der Waals surface area contributed by atoms with Crippen LogP contribution in [0.3, 0.4) is 0 Å². The number of carbonyl (C=O) groups is 1. The van der Waals surface area contributed by atoms with Gasteiger partial charge in [0, 0.05) is 32.0 Å². The molecule has 8 heteroatoms. The summed E-state index contributed by atoms with van der Waals surface area (Å²) in [4.78, 5) is 11.5. The van der Waals surface area contributed by atoms with E-state index in [0.717, 1.165) is 5.56 Å². The zero-order valence-corrected chi connectivity index (χ0v) is 16.1. The van der Waals surface area contributed by atoms with Crippen molar-refractivity contribution < 1.29 is 23.1 Å². The number of benzene rings is 2. The lowest BCUT2D eigenvalue weighted by Gasteiger charge is -2.16. The van der Waals surface area contributed by atoms with E-state index in [0.29, 0.717) is 25.3 Å². The Morgan fingerprint density at radius 3 is 2.52 bits per heavy atom. The van der Waals surface area contributed by atoms with Gasteiger partial charge in [-0.2, -0.15) is 0 Å².